The van der Waals surface area contributed by atoms with Crippen LogP contribution in [0.5, 0.6) is 0 Å². The Hall–Kier alpha value is -1.10. The van der Waals surface area contributed by atoms with Crippen molar-refractivity contribution in [3.8, 4) is 0 Å². The van der Waals surface area contributed by atoms with E-state index in [4.69, 9.17) is 15.6 Å². The van der Waals surface area contributed by atoms with Gasteiger partial charge in [0.25, 0.3) is 6.47 Å². The molecule has 0 aliphatic heterocycles. The number of rotatable bonds is 3. The molecule has 0 bridgehead atoms. The van der Waals surface area contributed by atoms with Crippen molar-refractivity contribution in [1.29, 1.82) is 0 Å². The van der Waals surface area contributed by atoms with Crippen molar-refractivity contribution in [1.82, 2.24) is 0 Å². The number of fused-ring (bicyclic) bond motifs is 1. The van der Waals surface area contributed by atoms with Crippen molar-refractivity contribution >= 4 is 12.4 Å². The van der Waals surface area contributed by atoms with Crippen LogP contribution in [-0.4, -0.2) is 29.2 Å². The molecule has 0 saturated heterocycles. The second-order valence-corrected chi connectivity index (χ2v) is 3.77. The molecule has 72 valence electrons. The second kappa shape index (κ2) is 2.45. The Bertz CT molecular complexity index is 267. The number of carboxylic acid groups (broad SMARTS) is 1. The van der Waals surface area contributed by atoms with E-state index in [-0.39, 0.29) is 17.9 Å². The highest BCUT2D eigenvalue weighted by molar-refractivity contribution is 5.80. The molecular weight excluding hydrogens is 174 g/mol. The van der Waals surface area contributed by atoms with Gasteiger partial charge in [-0.25, -0.2) is 0 Å². The van der Waals surface area contributed by atoms with Gasteiger partial charge >= 0.3 is 5.97 Å². The van der Waals surface area contributed by atoms with Gasteiger partial charge in [0.15, 0.2) is 0 Å². The predicted octanol–water partition coefficient (Wildman–Crippen LogP) is -0.650. The molecule has 3 N–H and O–H groups in total. The third-order valence-electron chi connectivity index (χ3n) is 3.19. The topological polar surface area (TPSA) is 89.6 Å². The Morgan fingerprint density at radius 1 is 1.69 bits per heavy atom. The maximum absolute atomic E-state index is 10.8. The van der Waals surface area contributed by atoms with Crippen LogP contribution < -0.4 is 5.73 Å². The Balaban J connectivity index is 2.10. The van der Waals surface area contributed by atoms with E-state index in [1.165, 1.54) is 0 Å². The number of hydrogen-bond donors (Lipinski definition) is 2. The molecule has 4 atom stereocenters. The zero-order valence-corrected chi connectivity index (χ0v) is 6.97. The van der Waals surface area contributed by atoms with Gasteiger partial charge in [0, 0.05) is 11.8 Å². The van der Waals surface area contributed by atoms with Crippen LogP contribution in [-0.2, 0) is 14.3 Å². The van der Waals surface area contributed by atoms with Crippen LogP contribution >= 0.6 is 0 Å². The number of carboxylic acids is 1. The quantitative estimate of drug-likeness (QED) is 0.570. The normalized spacial score (nSPS) is 46.7. The summed E-state index contributed by atoms with van der Waals surface area (Å²) in [5, 5.41) is 8.89. The number of hydrogen-bond acceptors (Lipinski definition) is 4. The van der Waals surface area contributed by atoms with Crippen LogP contribution in [0, 0.1) is 11.8 Å². The number of nitrogens with two attached hydrogens (primary N) is 1. The van der Waals surface area contributed by atoms with Crippen molar-refractivity contribution in [3.63, 3.8) is 0 Å². The first-order chi connectivity index (χ1) is 6.11. The molecule has 0 aromatic carbocycles. The Kier molecular flexibility index (Phi) is 1.60. The molecule has 0 radical (unpaired) electrons. The molecule has 0 aromatic rings. The number of carbonyl (C=O) groups excluding carboxylic acids is 1. The first-order valence-electron chi connectivity index (χ1n) is 4.22. The van der Waals surface area contributed by atoms with E-state index >= 15 is 0 Å². The van der Waals surface area contributed by atoms with Gasteiger partial charge in [0.05, 0.1) is 0 Å². The lowest BCUT2D eigenvalue weighted by Crippen LogP contribution is -2.49. The smallest absolute Gasteiger partial charge is 0.324 e. The van der Waals surface area contributed by atoms with E-state index in [0.717, 1.165) is 6.42 Å². The fourth-order valence-corrected chi connectivity index (χ4v) is 2.43. The second-order valence-electron chi connectivity index (χ2n) is 3.77. The van der Waals surface area contributed by atoms with Crippen molar-refractivity contribution in [2.24, 2.45) is 17.6 Å². The van der Waals surface area contributed by atoms with Crippen molar-refractivity contribution in [2.75, 3.05) is 0 Å². The van der Waals surface area contributed by atoms with Gasteiger partial charge in [-0.2, -0.15) is 0 Å². The molecule has 2 aliphatic carbocycles. The van der Waals surface area contributed by atoms with Crippen LogP contribution in [0.4, 0.5) is 0 Å². The van der Waals surface area contributed by atoms with Crippen LogP contribution in [0.1, 0.15) is 12.8 Å². The van der Waals surface area contributed by atoms with Crippen LogP contribution in [0.3, 0.4) is 0 Å². The summed E-state index contributed by atoms with van der Waals surface area (Å²) >= 11 is 0. The Morgan fingerprint density at radius 3 is 2.92 bits per heavy atom. The zero-order valence-electron chi connectivity index (χ0n) is 6.97. The fourth-order valence-electron chi connectivity index (χ4n) is 2.43. The van der Waals surface area contributed by atoms with E-state index < -0.39 is 11.5 Å². The van der Waals surface area contributed by atoms with E-state index in [9.17, 15) is 9.59 Å². The average molecular weight is 185 g/mol. The number of ether oxygens (including phenoxy) is 1. The lowest BCUT2D eigenvalue weighted by Gasteiger charge is -2.21. The van der Waals surface area contributed by atoms with Crippen molar-refractivity contribution < 1.29 is 19.4 Å². The van der Waals surface area contributed by atoms with Gasteiger partial charge in [-0.3, -0.25) is 9.59 Å². The Morgan fingerprint density at radius 2 is 2.38 bits per heavy atom. The molecule has 0 aromatic heterocycles. The van der Waals surface area contributed by atoms with Crippen LogP contribution in [0.15, 0.2) is 0 Å². The molecule has 0 amide bonds. The van der Waals surface area contributed by atoms with E-state index in [0.29, 0.717) is 12.9 Å². The average Bonchev–Trinajstić information content (AvgIpc) is 2.63. The van der Waals surface area contributed by atoms with E-state index in [1.54, 1.807) is 0 Å². The van der Waals surface area contributed by atoms with Gasteiger partial charge < -0.3 is 15.6 Å². The monoisotopic (exact) mass is 185 g/mol. The summed E-state index contributed by atoms with van der Waals surface area (Å²) in [7, 11) is 0. The highest BCUT2D eigenvalue weighted by Crippen LogP contribution is 2.57. The van der Waals surface area contributed by atoms with Crippen molar-refractivity contribution in [3.05, 3.63) is 0 Å². The molecule has 2 fully saturated rings. The maximum Gasteiger partial charge on any atom is 0.324 e. The first-order valence-corrected chi connectivity index (χ1v) is 4.22. The predicted molar refractivity (Wildman–Crippen MR) is 41.7 cm³/mol. The zero-order chi connectivity index (χ0) is 9.64. The lowest BCUT2D eigenvalue weighted by molar-refractivity contribution is -0.145. The minimum atomic E-state index is -1.17. The summed E-state index contributed by atoms with van der Waals surface area (Å²) < 4.78 is 4.74. The summed E-state index contributed by atoms with van der Waals surface area (Å²) in [4.78, 5) is 20.9. The van der Waals surface area contributed by atoms with Gasteiger partial charge in [-0.05, 0) is 12.8 Å². The molecule has 2 rings (SSSR count). The minimum absolute atomic E-state index is 0.171. The first kappa shape index (κ1) is 8.50. The largest absolute Gasteiger partial charge is 0.480 e. The summed E-state index contributed by atoms with van der Waals surface area (Å²) in [5.74, 6) is -0.988. The van der Waals surface area contributed by atoms with Gasteiger partial charge in [-0.1, -0.05) is 0 Å². The summed E-state index contributed by atoms with van der Waals surface area (Å²) in [5.41, 5.74) is 4.54. The molecular formula is C8H11NO4. The minimum Gasteiger partial charge on any atom is -0.480 e. The third-order valence-corrected chi connectivity index (χ3v) is 3.19. The van der Waals surface area contributed by atoms with Gasteiger partial charge in [0.2, 0.25) is 0 Å². The molecule has 2 saturated carbocycles. The molecule has 0 spiro atoms. The Labute approximate surface area is 74.9 Å². The third kappa shape index (κ3) is 0.966. The number of carbonyl (C=O) groups is 2. The van der Waals surface area contributed by atoms with Gasteiger partial charge in [0.1, 0.15) is 11.6 Å². The van der Waals surface area contributed by atoms with E-state index in [1.807, 2.05) is 0 Å². The highest BCUT2D eigenvalue weighted by Gasteiger charge is 2.69. The van der Waals surface area contributed by atoms with Crippen LogP contribution in [0.2, 0.25) is 0 Å². The molecule has 0 unspecified atom stereocenters. The molecule has 13 heavy (non-hydrogen) atoms. The van der Waals surface area contributed by atoms with Crippen LogP contribution in [0.25, 0.3) is 0 Å². The molecule has 0 heterocycles. The maximum atomic E-state index is 10.8. The summed E-state index contributed by atoms with van der Waals surface area (Å²) in [6.07, 6.45) is 0.967. The summed E-state index contributed by atoms with van der Waals surface area (Å²) in [6, 6.07) is 0. The standard InChI is InChI=1S/C8H11NO4/c9-8(7(11)12)2-1-4-5(8)6(4)13-3-10/h3-6H,1-2,9H2,(H,11,12)/t4-,5+,6+,8+/m1/s1. The fraction of sp³-hybridized carbons (Fsp3) is 0.750. The SMILES string of the molecule is N[C@@]1(C(=O)O)CC[C@H]2[C@H](OC=O)[C@H]21. The van der Waals surface area contributed by atoms with Gasteiger partial charge in [-0.15, -0.1) is 0 Å². The number of aliphatic carboxylic acids is 1. The summed E-state index contributed by atoms with van der Waals surface area (Å²) in [6.45, 7) is 0.366. The molecule has 2 aliphatic rings. The highest BCUT2D eigenvalue weighted by atomic mass is 16.5. The van der Waals surface area contributed by atoms with E-state index in [2.05, 4.69) is 0 Å². The lowest BCUT2D eigenvalue weighted by atomic mass is 9.94. The molecule has 5 nitrogen and oxygen atoms in total. The van der Waals surface area contributed by atoms with Crippen molar-refractivity contribution in [2.45, 2.75) is 24.5 Å². The molecule has 5 heteroatoms.